The number of aromatic nitrogens is 2. The molecule has 1 aromatic carbocycles. The number of H-pyrrole nitrogens is 1. The van der Waals surface area contributed by atoms with Gasteiger partial charge in [0.15, 0.2) is 6.61 Å². The van der Waals surface area contributed by atoms with Crippen molar-refractivity contribution in [1.29, 1.82) is 0 Å². The largest absolute Gasteiger partial charge is 0.484 e. The average Bonchev–Trinajstić information content (AvgIpc) is 2.95. The second-order valence-electron chi connectivity index (χ2n) is 4.24. The third-order valence-corrected chi connectivity index (χ3v) is 2.63. The Kier molecular flexibility index (Phi) is 5.11. The van der Waals surface area contributed by atoms with Gasteiger partial charge in [-0.2, -0.15) is 0 Å². The monoisotopic (exact) mass is 277 g/mol. The van der Waals surface area contributed by atoms with E-state index in [-0.39, 0.29) is 18.3 Å². The van der Waals surface area contributed by atoms with E-state index in [1.807, 2.05) is 0 Å². The van der Waals surface area contributed by atoms with Gasteiger partial charge in [0.1, 0.15) is 17.4 Å². The SMILES string of the molecule is O=C(COc1cccc(F)c1)NCCCc1ncc[nH]1. The van der Waals surface area contributed by atoms with Crippen LogP contribution in [0.15, 0.2) is 36.7 Å². The number of carbonyl (C=O) groups is 1. The summed E-state index contributed by atoms with van der Waals surface area (Å²) >= 11 is 0. The Morgan fingerprint density at radius 1 is 1.45 bits per heavy atom. The van der Waals surface area contributed by atoms with Crippen molar-refractivity contribution in [2.24, 2.45) is 0 Å². The van der Waals surface area contributed by atoms with Gasteiger partial charge in [-0.1, -0.05) is 6.07 Å². The molecule has 6 heteroatoms. The zero-order valence-electron chi connectivity index (χ0n) is 10.9. The van der Waals surface area contributed by atoms with Crippen LogP contribution in [0.2, 0.25) is 0 Å². The third-order valence-electron chi connectivity index (χ3n) is 2.63. The zero-order chi connectivity index (χ0) is 14.2. The first-order chi connectivity index (χ1) is 9.74. The maximum absolute atomic E-state index is 12.9. The number of halogens is 1. The number of ether oxygens (including phenoxy) is 1. The molecule has 20 heavy (non-hydrogen) atoms. The quantitative estimate of drug-likeness (QED) is 0.757. The molecule has 0 radical (unpaired) electrons. The van der Waals surface area contributed by atoms with Gasteiger partial charge in [-0.15, -0.1) is 0 Å². The van der Waals surface area contributed by atoms with Crippen molar-refractivity contribution in [1.82, 2.24) is 15.3 Å². The number of nitrogens with one attached hydrogen (secondary N) is 2. The summed E-state index contributed by atoms with van der Waals surface area (Å²) in [5.41, 5.74) is 0. The van der Waals surface area contributed by atoms with Gasteiger partial charge in [-0.25, -0.2) is 9.37 Å². The van der Waals surface area contributed by atoms with Crippen LogP contribution >= 0.6 is 0 Å². The molecule has 106 valence electrons. The van der Waals surface area contributed by atoms with Gasteiger partial charge < -0.3 is 15.0 Å². The maximum Gasteiger partial charge on any atom is 0.257 e. The predicted octanol–water partition coefficient (Wildman–Crippen LogP) is 1.68. The lowest BCUT2D eigenvalue weighted by Crippen LogP contribution is -2.29. The van der Waals surface area contributed by atoms with Crippen molar-refractivity contribution in [3.8, 4) is 5.75 Å². The van der Waals surface area contributed by atoms with Gasteiger partial charge in [0.05, 0.1) is 0 Å². The Morgan fingerprint density at radius 3 is 3.10 bits per heavy atom. The van der Waals surface area contributed by atoms with E-state index in [9.17, 15) is 9.18 Å². The van der Waals surface area contributed by atoms with Crippen LogP contribution in [0, 0.1) is 5.82 Å². The molecule has 0 aliphatic carbocycles. The Labute approximate surface area is 116 Å². The highest BCUT2D eigenvalue weighted by Gasteiger charge is 2.03. The topological polar surface area (TPSA) is 67.0 Å². The summed E-state index contributed by atoms with van der Waals surface area (Å²) < 4.78 is 18.1. The minimum absolute atomic E-state index is 0.121. The van der Waals surface area contributed by atoms with E-state index in [1.54, 1.807) is 18.5 Å². The molecule has 0 fully saturated rings. The van der Waals surface area contributed by atoms with Crippen LogP contribution in [0.5, 0.6) is 5.75 Å². The van der Waals surface area contributed by atoms with Crippen molar-refractivity contribution >= 4 is 5.91 Å². The Bertz CT molecular complexity index is 543. The third kappa shape index (κ3) is 4.72. The average molecular weight is 277 g/mol. The first-order valence-electron chi connectivity index (χ1n) is 6.37. The minimum Gasteiger partial charge on any atom is -0.484 e. The number of hydrogen-bond donors (Lipinski definition) is 2. The fourth-order valence-electron chi connectivity index (χ4n) is 1.68. The molecule has 0 atom stereocenters. The van der Waals surface area contributed by atoms with Crippen LogP contribution in [0.25, 0.3) is 0 Å². The van der Waals surface area contributed by atoms with Crippen molar-refractivity contribution in [2.45, 2.75) is 12.8 Å². The van der Waals surface area contributed by atoms with Gasteiger partial charge in [0.2, 0.25) is 0 Å². The normalized spacial score (nSPS) is 10.2. The summed E-state index contributed by atoms with van der Waals surface area (Å²) in [6.07, 6.45) is 5.03. The van der Waals surface area contributed by atoms with Crippen LogP contribution in [0.4, 0.5) is 4.39 Å². The molecule has 1 aromatic heterocycles. The highest BCUT2D eigenvalue weighted by Crippen LogP contribution is 2.11. The molecule has 2 aromatic rings. The summed E-state index contributed by atoms with van der Waals surface area (Å²) in [5, 5.41) is 2.73. The lowest BCUT2D eigenvalue weighted by atomic mass is 10.3. The molecule has 0 saturated heterocycles. The molecule has 0 bridgehead atoms. The first-order valence-corrected chi connectivity index (χ1v) is 6.37. The lowest BCUT2D eigenvalue weighted by molar-refractivity contribution is -0.123. The number of amides is 1. The molecule has 2 N–H and O–H groups in total. The van der Waals surface area contributed by atoms with E-state index in [1.165, 1.54) is 18.2 Å². The summed E-state index contributed by atoms with van der Waals surface area (Å²) in [7, 11) is 0. The summed E-state index contributed by atoms with van der Waals surface area (Å²) in [6, 6.07) is 5.70. The highest BCUT2D eigenvalue weighted by atomic mass is 19.1. The van der Waals surface area contributed by atoms with Gasteiger partial charge in [-0.3, -0.25) is 4.79 Å². The smallest absolute Gasteiger partial charge is 0.257 e. The Balaban J connectivity index is 1.61. The zero-order valence-corrected chi connectivity index (χ0v) is 10.9. The first kappa shape index (κ1) is 14.0. The number of benzene rings is 1. The van der Waals surface area contributed by atoms with Crippen LogP contribution in [-0.4, -0.2) is 29.0 Å². The van der Waals surface area contributed by atoms with E-state index in [0.29, 0.717) is 12.3 Å². The number of rotatable bonds is 7. The van der Waals surface area contributed by atoms with Crippen molar-refractivity contribution < 1.29 is 13.9 Å². The molecular formula is C14H16FN3O2. The van der Waals surface area contributed by atoms with Crippen molar-refractivity contribution in [3.63, 3.8) is 0 Å². The van der Waals surface area contributed by atoms with Gasteiger partial charge in [-0.05, 0) is 18.6 Å². The van der Waals surface area contributed by atoms with Crippen LogP contribution < -0.4 is 10.1 Å². The predicted molar refractivity (Wildman–Crippen MR) is 71.8 cm³/mol. The van der Waals surface area contributed by atoms with E-state index < -0.39 is 0 Å². The van der Waals surface area contributed by atoms with Crippen LogP contribution in [0.3, 0.4) is 0 Å². The minimum atomic E-state index is -0.388. The summed E-state index contributed by atoms with van der Waals surface area (Å²) in [6.45, 7) is 0.427. The second kappa shape index (κ2) is 7.28. The standard InChI is InChI=1S/C14H16FN3O2/c15-11-3-1-4-12(9-11)20-10-14(19)18-6-2-5-13-16-7-8-17-13/h1,3-4,7-9H,2,5-6,10H2,(H,16,17)(H,18,19). The van der Waals surface area contributed by atoms with Crippen molar-refractivity contribution in [3.05, 3.63) is 48.3 Å². The van der Waals surface area contributed by atoms with E-state index >= 15 is 0 Å². The Hall–Kier alpha value is -2.37. The molecule has 0 unspecified atom stereocenters. The number of aromatic amines is 1. The summed E-state index contributed by atoms with van der Waals surface area (Å²) in [4.78, 5) is 18.6. The Morgan fingerprint density at radius 2 is 2.35 bits per heavy atom. The van der Waals surface area contributed by atoms with Crippen molar-refractivity contribution in [2.75, 3.05) is 13.2 Å². The lowest BCUT2D eigenvalue weighted by Gasteiger charge is -2.07. The van der Waals surface area contributed by atoms with E-state index in [2.05, 4.69) is 15.3 Å². The summed E-state index contributed by atoms with van der Waals surface area (Å²) in [5.74, 6) is 0.626. The van der Waals surface area contributed by atoms with Gasteiger partial charge in [0.25, 0.3) is 5.91 Å². The molecule has 0 spiro atoms. The van der Waals surface area contributed by atoms with Crippen LogP contribution in [-0.2, 0) is 11.2 Å². The van der Waals surface area contributed by atoms with E-state index in [0.717, 1.165) is 18.7 Å². The number of aryl methyl sites for hydroxylation is 1. The highest BCUT2D eigenvalue weighted by molar-refractivity contribution is 5.77. The van der Waals surface area contributed by atoms with Gasteiger partial charge in [0, 0.05) is 31.4 Å². The number of carbonyl (C=O) groups excluding carboxylic acids is 1. The number of nitrogens with zero attached hydrogens (tertiary/aromatic N) is 1. The fraction of sp³-hybridized carbons (Fsp3) is 0.286. The maximum atomic E-state index is 12.9. The molecule has 0 aliphatic heterocycles. The molecule has 5 nitrogen and oxygen atoms in total. The number of hydrogen-bond acceptors (Lipinski definition) is 3. The second-order valence-corrected chi connectivity index (χ2v) is 4.24. The molecule has 0 aliphatic rings. The fourth-order valence-corrected chi connectivity index (χ4v) is 1.68. The molecule has 2 rings (SSSR count). The molecule has 1 amide bonds. The molecular weight excluding hydrogens is 261 g/mol. The molecule has 0 saturated carbocycles. The van der Waals surface area contributed by atoms with Gasteiger partial charge >= 0.3 is 0 Å². The van der Waals surface area contributed by atoms with Crippen LogP contribution in [0.1, 0.15) is 12.2 Å². The molecule has 1 heterocycles. The number of imidazole rings is 1. The van der Waals surface area contributed by atoms with E-state index in [4.69, 9.17) is 4.74 Å².